The molecule has 0 saturated heterocycles. The van der Waals surface area contributed by atoms with Crippen molar-refractivity contribution >= 4 is 39.2 Å². The molecule has 0 aliphatic carbocycles. The van der Waals surface area contributed by atoms with Crippen molar-refractivity contribution < 1.29 is 22.7 Å². The molecule has 0 aliphatic heterocycles. The lowest BCUT2D eigenvalue weighted by Crippen LogP contribution is -2.28. The maximum absolute atomic E-state index is 12.4. The number of amides is 1. The lowest BCUT2D eigenvalue weighted by atomic mass is 10.2. The normalized spacial score (nSPS) is 10.9. The van der Waals surface area contributed by atoms with Gasteiger partial charge in [-0.05, 0) is 48.0 Å². The first kappa shape index (κ1) is 22.3. The standard InChI is InChI=1S/C22H19ClN2O5S/c23-20-9-5-4-6-17(20)14-24-21(26)15-30-22(27)16-10-12-19(13-11-16)31(28,29)25-18-7-2-1-3-8-18/h1-13,25H,14-15H2,(H,24,26). The van der Waals surface area contributed by atoms with Gasteiger partial charge in [0.05, 0.1) is 10.5 Å². The highest BCUT2D eigenvalue weighted by molar-refractivity contribution is 7.92. The Morgan fingerprint density at radius 2 is 1.52 bits per heavy atom. The average molecular weight is 459 g/mol. The number of sulfonamides is 1. The van der Waals surface area contributed by atoms with Gasteiger partial charge in [-0.15, -0.1) is 0 Å². The number of hydrogen-bond donors (Lipinski definition) is 2. The number of rotatable bonds is 8. The highest BCUT2D eigenvalue weighted by Gasteiger charge is 2.16. The van der Waals surface area contributed by atoms with E-state index < -0.39 is 28.5 Å². The van der Waals surface area contributed by atoms with Crippen LogP contribution in [0.25, 0.3) is 0 Å². The number of para-hydroxylation sites is 1. The zero-order valence-corrected chi connectivity index (χ0v) is 17.8. The fourth-order valence-corrected chi connectivity index (χ4v) is 3.85. The van der Waals surface area contributed by atoms with E-state index in [1.54, 1.807) is 54.6 Å². The quantitative estimate of drug-likeness (QED) is 0.502. The number of halogens is 1. The maximum Gasteiger partial charge on any atom is 0.338 e. The third-order valence-corrected chi connectivity index (χ3v) is 5.96. The summed E-state index contributed by atoms with van der Waals surface area (Å²) in [5, 5.41) is 3.14. The van der Waals surface area contributed by atoms with Crippen LogP contribution in [0.1, 0.15) is 15.9 Å². The minimum Gasteiger partial charge on any atom is -0.452 e. The largest absolute Gasteiger partial charge is 0.452 e. The summed E-state index contributed by atoms with van der Waals surface area (Å²) in [5.41, 5.74) is 1.29. The zero-order valence-electron chi connectivity index (χ0n) is 16.2. The Bertz CT molecular complexity index is 1170. The molecule has 0 radical (unpaired) electrons. The number of benzene rings is 3. The molecule has 7 nitrogen and oxygen atoms in total. The van der Waals surface area contributed by atoms with Crippen LogP contribution in [0.3, 0.4) is 0 Å². The second-order valence-corrected chi connectivity index (χ2v) is 8.53. The third-order valence-electron chi connectivity index (χ3n) is 4.19. The van der Waals surface area contributed by atoms with Gasteiger partial charge in [-0.1, -0.05) is 48.0 Å². The molecule has 2 N–H and O–H groups in total. The van der Waals surface area contributed by atoms with E-state index in [1.807, 2.05) is 0 Å². The molecule has 0 bridgehead atoms. The first-order valence-electron chi connectivity index (χ1n) is 9.20. The first-order valence-corrected chi connectivity index (χ1v) is 11.1. The van der Waals surface area contributed by atoms with Crippen LogP contribution in [0.4, 0.5) is 5.69 Å². The minimum atomic E-state index is -3.80. The van der Waals surface area contributed by atoms with Crippen molar-refractivity contribution in [1.29, 1.82) is 0 Å². The molecule has 9 heteroatoms. The number of hydrogen-bond acceptors (Lipinski definition) is 5. The van der Waals surface area contributed by atoms with E-state index in [9.17, 15) is 18.0 Å². The number of esters is 1. The lowest BCUT2D eigenvalue weighted by Gasteiger charge is -2.09. The van der Waals surface area contributed by atoms with Gasteiger partial charge in [0.2, 0.25) is 0 Å². The van der Waals surface area contributed by atoms with Crippen LogP contribution in [0.2, 0.25) is 5.02 Å². The van der Waals surface area contributed by atoms with Gasteiger partial charge < -0.3 is 10.1 Å². The van der Waals surface area contributed by atoms with Gasteiger partial charge in [0.15, 0.2) is 6.61 Å². The van der Waals surface area contributed by atoms with Crippen LogP contribution in [-0.2, 0) is 26.1 Å². The molecular formula is C22H19ClN2O5S. The molecule has 31 heavy (non-hydrogen) atoms. The van der Waals surface area contributed by atoms with Crippen molar-refractivity contribution in [3.8, 4) is 0 Å². The Hall–Kier alpha value is -3.36. The SMILES string of the molecule is O=C(COC(=O)c1ccc(S(=O)(=O)Nc2ccccc2)cc1)NCc1ccccc1Cl. The van der Waals surface area contributed by atoms with E-state index in [1.165, 1.54) is 24.3 Å². The Morgan fingerprint density at radius 1 is 0.871 bits per heavy atom. The van der Waals surface area contributed by atoms with Gasteiger partial charge in [0.25, 0.3) is 15.9 Å². The molecule has 3 rings (SSSR count). The van der Waals surface area contributed by atoms with Crippen LogP contribution >= 0.6 is 11.6 Å². The molecule has 0 fully saturated rings. The Labute approximate surface area is 185 Å². The number of ether oxygens (including phenoxy) is 1. The van der Waals surface area contributed by atoms with Crippen LogP contribution < -0.4 is 10.0 Å². The molecule has 160 valence electrons. The van der Waals surface area contributed by atoms with E-state index in [2.05, 4.69) is 10.0 Å². The summed E-state index contributed by atoms with van der Waals surface area (Å²) in [4.78, 5) is 24.0. The van der Waals surface area contributed by atoms with Crippen LogP contribution in [0.15, 0.2) is 83.8 Å². The van der Waals surface area contributed by atoms with Crippen molar-refractivity contribution in [2.24, 2.45) is 0 Å². The Morgan fingerprint density at radius 3 is 2.19 bits per heavy atom. The van der Waals surface area contributed by atoms with E-state index in [0.29, 0.717) is 10.7 Å². The van der Waals surface area contributed by atoms with Crippen molar-refractivity contribution in [1.82, 2.24) is 5.32 Å². The summed E-state index contributed by atoms with van der Waals surface area (Å²) in [7, 11) is -3.80. The predicted molar refractivity (Wildman–Crippen MR) is 117 cm³/mol. The fourth-order valence-electron chi connectivity index (χ4n) is 2.59. The molecule has 1 amide bonds. The van der Waals surface area contributed by atoms with E-state index >= 15 is 0 Å². The molecule has 0 aliphatic rings. The van der Waals surface area contributed by atoms with Gasteiger partial charge in [-0.3, -0.25) is 9.52 Å². The highest BCUT2D eigenvalue weighted by Crippen LogP contribution is 2.17. The van der Waals surface area contributed by atoms with Gasteiger partial charge in [0, 0.05) is 17.3 Å². The molecule has 0 unspecified atom stereocenters. The topological polar surface area (TPSA) is 102 Å². The molecule has 3 aromatic carbocycles. The van der Waals surface area contributed by atoms with E-state index in [-0.39, 0.29) is 17.0 Å². The average Bonchev–Trinajstić information content (AvgIpc) is 2.77. The first-order chi connectivity index (χ1) is 14.8. The van der Waals surface area contributed by atoms with Gasteiger partial charge in [-0.25, -0.2) is 13.2 Å². The monoisotopic (exact) mass is 458 g/mol. The molecule has 0 spiro atoms. The van der Waals surface area contributed by atoms with Gasteiger partial charge in [-0.2, -0.15) is 0 Å². The number of carbonyl (C=O) groups is 2. The van der Waals surface area contributed by atoms with Gasteiger partial charge in [0.1, 0.15) is 0 Å². The fraction of sp³-hybridized carbons (Fsp3) is 0.0909. The number of anilines is 1. The summed E-state index contributed by atoms with van der Waals surface area (Å²) in [6.45, 7) is -0.268. The second kappa shape index (κ2) is 10.1. The van der Waals surface area contributed by atoms with Crippen LogP contribution in [0, 0.1) is 0 Å². The molecule has 0 heterocycles. The van der Waals surface area contributed by atoms with Crippen molar-refractivity contribution in [3.63, 3.8) is 0 Å². The maximum atomic E-state index is 12.4. The molecular weight excluding hydrogens is 440 g/mol. The van der Waals surface area contributed by atoms with Gasteiger partial charge >= 0.3 is 5.97 Å². The Balaban J connectivity index is 1.53. The third kappa shape index (κ3) is 6.31. The zero-order chi connectivity index (χ0) is 22.3. The summed E-state index contributed by atoms with van der Waals surface area (Å²) in [6, 6.07) is 20.7. The Kier molecular flexibility index (Phi) is 7.28. The minimum absolute atomic E-state index is 0.00890. The lowest BCUT2D eigenvalue weighted by molar-refractivity contribution is -0.124. The van der Waals surface area contributed by atoms with Crippen molar-refractivity contribution in [2.75, 3.05) is 11.3 Å². The van der Waals surface area contributed by atoms with Crippen LogP contribution in [0.5, 0.6) is 0 Å². The molecule has 0 atom stereocenters. The summed E-state index contributed by atoms with van der Waals surface area (Å²) in [5.74, 6) is -1.23. The summed E-state index contributed by atoms with van der Waals surface area (Å²) < 4.78 is 32.3. The smallest absolute Gasteiger partial charge is 0.338 e. The van der Waals surface area contributed by atoms with Crippen LogP contribution in [-0.4, -0.2) is 26.9 Å². The molecule has 0 saturated carbocycles. The number of nitrogens with one attached hydrogen (secondary N) is 2. The summed E-state index contributed by atoms with van der Waals surface area (Å²) >= 11 is 6.02. The predicted octanol–water partition coefficient (Wildman–Crippen LogP) is 3.61. The number of carbonyl (C=O) groups excluding carboxylic acids is 2. The molecule has 3 aromatic rings. The van der Waals surface area contributed by atoms with Crippen molar-refractivity contribution in [3.05, 3.63) is 95.0 Å². The van der Waals surface area contributed by atoms with E-state index in [4.69, 9.17) is 16.3 Å². The summed E-state index contributed by atoms with van der Waals surface area (Å²) in [6.07, 6.45) is 0. The molecule has 0 aromatic heterocycles. The van der Waals surface area contributed by atoms with E-state index in [0.717, 1.165) is 5.56 Å². The highest BCUT2D eigenvalue weighted by atomic mass is 35.5. The second-order valence-electron chi connectivity index (χ2n) is 6.44. The van der Waals surface area contributed by atoms with Crippen molar-refractivity contribution in [2.45, 2.75) is 11.4 Å².